The largest absolute Gasteiger partial charge is 0.294 e. The van der Waals surface area contributed by atoms with E-state index in [4.69, 9.17) is 0 Å². The summed E-state index contributed by atoms with van der Waals surface area (Å²) < 4.78 is 0. The zero-order valence-electron chi connectivity index (χ0n) is 10.8. The van der Waals surface area contributed by atoms with E-state index < -0.39 is 0 Å². The van der Waals surface area contributed by atoms with Crippen LogP contribution in [0.5, 0.6) is 0 Å². The zero-order chi connectivity index (χ0) is 12.3. The van der Waals surface area contributed by atoms with Crippen molar-refractivity contribution in [1.82, 2.24) is 4.98 Å². The lowest BCUT2D eigenvalue weighted by molar-refractivity contribution is 0.0950. The third kappa shape index (κ3) is 3.39. The predicted molar refractivity (Wildman–Crippen MR) is 69.2 cm³/mol. The van der Waals surface area contributed by atoms with Crippen LogP contribution < -0.4 is 0 Å². The average Bonchev–Trinajstić information content (AvgIpc) is 2.29. The molecule has 2 heteroatoms. The van der Waals surface area contributed by atoms with Crippen molar-refractivity contribution in [3.8, 4) is 0 Å². The number of carbonyl (C=O) groups is 1. The molecule has 1 aliphatic rings. The van der Waals surface area contributed by atoms with Gasteiger partial charge in [0.1, 0.15) is 0 Å². The van der Waals surface area contributed by atoms with Crippen LogP contribution in [-0.4, -0.2) is 10.8 Å². The lowest BCUT2D eigenvalue weighted by Gasteiger charge is -2.20. The molecule has 0 N–H and O–H groups in total. The Balaban J connectivity index is 2.03. The molecule has 0 atom stereocenters. The Kier molecular flexibility index (Phi) is 3.93. The van der Waals surface area contributed by atoms with Gasteiger partial charge < -0.3 is 0 Å². The number of aromatic nitrogens is 1. The van der Waals surface area contributed by atoms with E-state index in [1.807, 2.05) is 26.0 Å². The maximum absolute atomic E-state index is 12.2. The summed E-state index contributed by atoms with van der Waals surface area (Å²) in [6.07, 6.45) is 7.13. The molecule has 1 aromatic rings. The Morgan fingerprint density at radius 2 is 1.76 bits per heavy atom. The number of nitrogens with zero attached hydrogens (tertiary/aromatic N) is 1. The molecule has 0 aliphatic heterocycles. The fraction of sp³-hybridized carbons (Fsp3) is 0.600. The van der Waals surface area contributed by atoms with Crippen molar-refractivity contribution in [3.63, 3.8) is 0 Å². The van der Waals surface area contributed by atoms with Crippen LogP contribution in [0.25, 0.3) is 0 Å². The third-order valence-corrected chi connectivity index (χ3v) is 3.60. The molecule has 0 bridgehead atoms. The van der Waals surface area contributed by atoms with Gasteiger partial charge in [0.05, 0.1) is 0 Å². The quantitative estimate of drug-likeness (QED) is 0.739. The molecule has 0 spiro atoms. The Hall–Kier alpha value is -1.18. The molecule has 2 nitrogen and oxygen atoms in total. The smallest absolute Gasteiger partial charge is 0.163 e. The number of ketones is 1. The highest BCUT2D eigenvalue weighted by Gasteiger charge is 2.18. The molecular weight excluding hydrogens is 210 g/mol. The molecule has 17 heavy (non-hydrogen) atoms. The molecule has 1 fully saturated rings. The van der Waals surface area contributed by atoms with Crippen LogP contribution in [0.2, 0.25) is 0 Å². The lowest BCUT2D eigenvalue weighted by atomic mass is 9.85. The summed E-state index contributed by atoms with van der Waals surface area (Å²) >= 11 is 0. The van der Waals surface area contributed by atoms with Crippen LogP contribution in [0.3, 0.4) is 0 Å². The fourth-order valence-electron chi connectivity index (χ4n) is 2.77. The Morgan fingerprint density at radius 1 is 1.18 bits per heavy atom. The molecule has 2 rings (SSSR count). The lowest BCUT2D eigenvalue weighted by Crippen LogP contribution is -2.12. The van der Waals surface area contributed by atoms with Gasteiger partial charge in [-0.3, -0.25) is 9.78 Å². The van der Waals surface area contributed by atoms with Crippen LogP contribution in [0, 0.1) is 19.8 Å². The Morgan fingerprint density at radius 3 is 2.35 bits per heavy atom. The first kappa shape index (κ1) is 12.3. The highest BCUT2D eigenvalue weighted by atomic mass is 16.1. The average molecular weight is 231 g/mol. The molecule has 0 saturated heterocycles. The van der Waals surface area contributed by atoms with E-state index in [0.717, 1.165) is 23.4 Å². The van der Waals surface area contributed by atoms with Gasteiger partial charge in [0.25, 0.3) is 0 Å². The summed E-state index contributed by atoms with van der Waals surface area (Å²) in [6.45, 7) is 3.90. The molecule has 0 aromatic carbocycles. The van der Waals surface area contributed by atoms with E-state index >= 15 is 0 Å². The summed E-state index contributed by atoms with van der Waals surface area (Å²) in [4.78, 5) is 16.5. The van der Waals surface area contributed by atoms with E-state index in [1.165, 1.54) is 32.1 Å². The van der Waals surface area contributed by atoms with Crippen LogP contribution >= 0.6 is 0 Å². The van der Waals surface area contributed by atoms with Crippen molar-refractivity contribution in [2.75, 3.05) is 0 Å². The zero-order valence-corrected chi connectivity index (χ0v) is 10.8. The topological polar surface area (TPSA) is 30.0 Å². The van der Waals surface area contributed by atoms with Crippen molar-refractivity contribution in [1.29, 1.82) is 0 Å². The van der Waals surface area contributed by atoms with Gasteiger partial charge in [-0.25, -0.2) is 0 Å². The monoisotopic (exact) mass is 231 g/mol. The van der Waals surface area contributed by atoms with Gasteiger partial charge in [0.15, 0.2) is 5.78 Å². The van der Waals surface area contributed by atoms with Crippen molar-refractivity contribution in [3.05, 3.63) is 29.1 Å². The first-order valence-electron chi connectivity index (χ1n) is 6.63. The van der Waals surface area contributed by atoms with Crippen molar-refractivity contribution < 1.29 is 4.79 Å². The summed E-state index contributed by atoms with van der Waals surface area (Å²) in [5.74, 6) is 0.913. The standard InChI is InChI=1S/C15H21NO/c1-11-8-14(9-12(2)16-11)15(17)10-13-6-4-3-5-7-13/h8-9,13H,3-7,10H2,1-2H3. The second kappa shape index (κ2) is 5.44. The van der Waals surface area contributed by atoms with Gasteiger partial charge in [0, 0.05) is 23.4 Å². The molecule has 0 radical (unpaired) electrons. The maximum Gasteiger partial charge on any atom is 0.163 e. The van der Waals surface area contributed by atoms with E-state index in [9.17, 15) is 4.79 Å². The van der Waals surface area contributed by atoms with Gasteiger partial charge >= 0.3 is 0 Å². The number of aryl methyl sites for hydroxylation is 2. The second-order valence-corrected chi connectivity index (χ2v) is 5.27. The minimum atomic E-state index is 0.297. The van der Waals surface area contributed by atoms with Crippen LogP contribution in [-0.2, 0) is 0 Å². The van der Waals surface area contributed by atoms with Gasteiger partial charge in [-0.05, 0) is 31.9 Å². The van der Waals surface area contributed by atoms with E-state index in [1.54, 1.807) is 0 Å². The van der Waals surface area contributed by atoms with Crippen molar-refractivity contribution >= 4 is 5.78 Å². The third-order valence-electron chi connectivity index (χ3n) is 3.60. The Bertz CT molecular complexity index is 385. The molecule has 1 aliphatic carbocycles. The number of hydrogen-bond acceptors (Lipinski definition) is 2. The number of rotatable bonds is 3. The first-order valence-corrected chi connectivity index (χ1v) is 6.63. The summed E-state index contributed by atoms with van der Waals surface area (Å²) in [5.41, 5.74) is 2.73. The molecule has 1 heterocycles. The molecule has 1 saturated carbocycles. The first-order chi connectivity index (χ1) is 8.15. The fourth-order valence-corrected chi connectivity index (χ4v) is 2.77. The van der Waals surface area contributed by atoms with E-state index in [2.05, 4.69) is 4.98 Å². The molecule has 92 valence electrons. The van der Waals surface area contributed by atoms with Crippen LogP contribution in [0.1, 0.15) is 60.3 Å². The highest BCUT2D eigenvalue weighted by molar-refractivity contribution is 5.96. The second-order valence-electron chi connectivity index (χ2n) is 5.27. The van der Waals surface area contributed by atoms with E-state index in [-0.39, 0.29) is 0 Å². The van der Waals surface area contributed by atoms with Gasteiger partial charge in [-0.2, -0.15) is 0 Å². The predicted octanol–water partition coefficient (Wildman–Crippen LogP) is 3.85. The summed E-state index contributed by atoms with van der Waals surface area (Å²) in [5, 5.41) is 0. The van der Waals surface area contributed by atoms with Gasteiger partial charge in [0.2, 0.25) is 0 Å². The van der Waals surface area contributed by atoms with Crippen LogP contribution in [0.15, 0.2) is 12.1 Å². The SMILES string of the molecule is Cc1cc(C(=O)CC2CCCCC2)cc(C)n1. The molecule has 0 amide bonds. The number of Topliss-reactive ketones (excluding diaryl/α,β-unsaturated/α-hetero) is 1. The number of carbonyl (C=O) groups excluding carboxylic acids is 1. The van der Waals surface area contributed by atoms with Crippen molar-refractivity contribution in [2.24, 2.45) is 5.92 Å². The molecular formula is C15H21NO. The normalized spacial score (nSPS) is 17.1. The minimum Gasteiger partial charge on any atom is -0.294 e. The Labute approximate surface area is 103 Å². The van der Waals surface area contributed by atoms with Crippen LogP contribution in [0.4, 0.5) is 0 Å². The summed E-state index contributed by atoms with van der Waals surface area (Å²) in [7, 11) is 0. The number of hydrogen-bond donors (Lipinski definition) is 0. The van der Waals surface area contributed by atoms with Crippen molar-refractivity contribution in [2.45, 2.75) is 52.4 Å². The van der Waals surface area contributed by atoms with Gasteiger partial charge in [-0.15, -0.1) is 0 Å². The number of pyridine rings is 1. The molecule has 1 aromatic heterocycles. The van der Waals surface area contributed by atoms with Gasteiger partial charge in [-0.1, -0.05) is 32.1 Å². The maximum atomic E-state index is 12.2. The summed E-state index contributed by atoms with van der Waals surface area (Å²) in [6, 6.07) is 3.83. The highest BCUT2D eigenvalue weighted by Crippen LogP contribution is 2.27. The molecule has 0 unspecified atom stereocenters. The van der Waals surface area contributed by atoms with E-state index in [0.29, 0.717) is 11.7 Å². The minimum absolute atomic E-state index is 0.297.